The number of hydrogen-bond donors (Lipinski definition) is 3. The molecule has 3 N–H and O–H groups in total. The van der Waals surface area contributed by atoms with E-state index in [0.717, 1.165) is 5.56 Å². The van der Waals surface area contributed by atoms with E-state index in [2.05, 4.69) is 20.5 Å². The molecule has 1 amide bonds. The Kier molecular flexibility index (Phi) is 2.55. The SMILES string of the molecule is Cc1cn[nH]c1NC(=O)c1cc[nH]c(=O)c1. The average molecular weight is 218 g/mol. The molecule has 0 unspecified atom stereocenters. The van der Waals surface area contributed by atoms with Gasteiger partial charge in [-0.3, -0.25) is 14.7 Å². The molecule has 0 aliphatic heterocycles. The Balaban J connectivity index is 2.21. The number of carbonyl (C=O) groups excluding carboxylic acids is 1. The van der Waals surface area contributed by atoms with Crippen molar-refractivity contribution in [2.45, 2.75) is 6.92 Å². The Morgan fingerprint density at radius 3 is 2.94 bits per heavy atom. The van der Waals surface area contributed by atoms with E-state index in [4.69, 9.17) is 0 Å². The van der Waals surface area contributed by atoms with Gasteiger partial charge < -0.3 is 10.3 Å². The summed E-state index contributed by atoms with van der Waals surface area (Å²) in [5.41, 5.74) is 0.824. The summed E-state index contributed by atoms with van der Waals surface area (Å²) in [6.07, 6.45) is 3.03. The Labute approximate surface area is 90.7 Å². The molecule has 2 heterocycles. The van der Waals surface area contributed by atoms with Crippen molar-refractivity contribution < 1.29 is 4.79 Å². The van der Waals surface area contributed by atoms with Crippen molar-refractivity contribution in [2.75, 3.05) is 5.32 Å². The van der Waals surface area contributed by atoms with Crippen LogP contribution in [0.1, 0.15) is 15.9 Å². The van der Waals surface area contributed by atoms with Gasteiger partial charge in [-0.2, -0.15) is 5.10 Å². The molecule has 0 aliphatic rings. The lowest BCUT2D eigenvalue weighted by Crippen LogP contribution is -2.16. The quantitative estimate of drug-likeness (QED) is 0.691. The molecule has 0 aromatic carbocycles. The molecule has 0 radical (unpaired) electrons. The summed E-state index contributed by atoms with van der Waals surface area (Å²) in [6.45, 7) is 1.82. The standard InChI is InChI=1S/C10H10N4O2/c1-6-5-12-14-9(6)13-10(16)7-2-3-11-8(15)4-7/h2-5H,1H3,(H,11,15)(H2,12,13,14,16). The summed E-state index contributed by atoms with van der Waals surface area (Å²) >= 11 is 0. The number of aromatic amines is 2. The van der Waals surface area contributed by atoms with Crippen LogP contribution in [0.2, 0.25) is 0 Å². The van der Waals surface area contributed by atoms with Gasteiger partial charge in [0.05, 0.1) is 6.20 Å². The zero-order valence-corrected chi connectivity index (χ0v) is 8.57. The topological polar surface area (TPSA) is 90.6 Å². The van der Waals surface area contributed by atoms with Crippen LogP contribution in [0.3, 0.4) is 0 Å². The number of hydrogen-bond acceptors (Lipinski definition) is 3. The van der Waals surface area contributed by atoms with E-state index < -0.39 is 0 Å². The first-order valence-corrected chi connectivity index (χ1v) is 4.67. The number of carbonyl (C=O) groups is 1. The van der Waals surface area contributed by atoms with Gasteiger partial charge in [0.25, 0.3) is 5.91 Å². The number of pyridine rings is 1. The minimum atomic E-state index is -0.349. The van der Waals surface area contributed by atoms with E-state index in [1.54, 1.807) is 6.20 Å². The molecular formula is C10H10N4O2. The molecule has 16 heavy (non-hydrogen) atoms. The highest BCUT2D eigenvalue weighted by atomic mass is 16.2. The average Bonchev–Trinajstić information content (AvgIpc) is 2.64. The lowest BCUT2D eigenvalue weighted by Gasteiger charge is -2.02. The minimum absolute atomic E-state index is 0.303. The second-order valence-electron chi connectivity index (χ2n) is 3.32. The smallest absolute Gasteiger partial charge is 0.257 e. The van der Waals surface area contributed by atoms with Crippen LogP contribution in [-0.4, -0.2) is 21.1 Å². The van der Waals surface area contributed by atoms with Gasteiger partial charge in [0.2, 0.25) is 5.56 Å². The number of H-pyrrole nitrogens is 2. The van der Waals surface area contributed by atoms with Crippen molar-refractivity contribution in [2.24, 2.45) is 0 Å². The second-order valence-corrected chi connectivity index (χ2v) is 3.32. The van der Waals surface area contributed by atoms with E-state index in [1.165, 1.54) is 18.3 Å². The van der Waals surface area contributed by atoms with Gasteiger partial charge in [0.1, 0.15) is 5.82 Å². The molecule has 2 rings (SSSR count). The van der Waals surface area contributed by atoms with Gasteiger partial charge in [-0.15, -0.1) is 0 Å². The number of amides is 1. The molecule has 0 fully saturated rings. The van der Waals surface area contributed by atoms with E-state index in [-0.39, 0.29) is 11.5 Å². The van der Waals surface area contributed by atoms with Crippen LogP contribution in [0.4, 0.5) is 5.82 Å². The minimum Gasteiger partial charge on any atom is -0.329 e. The second kappa shape index (κ2) is 4.01. The van der Waals surface area contributed by atoms with Gasteiger partial charge in [-0.05, 0) is 13.0 Å². The summed E-state index contributed by atoms with van der Waals surface area (Å²) in [5.74, 6) is 0.184. The van der Waals surface area contributed by atoms with Gasteiger partial charge in [-0.25, -0.2) is 0 Å². The number of anilines is 1. The first kappa shape index (κ1) is 10.2. The molecule has 0 saturated carbocycles. The van der Waals surface area contributed by atoms with Crippen molar-refractivity contribution in [1.82, 2.24) is 15.2 Å². The van der Waals surface area contributed by atoms with E-state index in [9.17, 15) is 9.59 Å². The van der Waals surface area contributed by atoms with Crippen LogP contribution >= 0.6 is 0 Å². The molecule has 2 aromatic rings. The molecule has 6 heteroatoms. The van der Waals surface area contributed by atoms with Crippen LogP contribution in [-0.2, 0) is 0 Å². The van der Waals surface area contributed by atoms with Crippen molar-refractivity contribution >= 4 is 11.7 Å². The maximum absolute atomic E-state index is 11.7. The van der Waals surface area contributed by atoms with E-state index >= 15 is 0 Å². The first-order chi connectivity index (χ1) is 7.66. The van der Waals surface area contributed by atoms with Gasteiger partial charge in [0, 0.05) is 23.4 Å². The third kappa shape index (κ3) is 2.00. The molecule has 0 aliphatic carbocycles. The Hall–Kier alpha value is -2.37. The molecule has 0 bridgehead atoms. The van der Waals surface area contributed by atoms with Gasteiger partial charge in [-0.1, -0.05) is 0 Å². The van der Waals surface area contributed by atoms with E-state index in [1.807, 2.05) is 6.92 Å². The summed E-state index contributed by atoms with van der Waals surface area (Å²) in [6, 6.07) is 2.77. The highest BCUT2D eigenvalue weighted by molar-refractivity contribution is 6.03. The number of rotatable bonds is 2. The lowest BCUT2D eigenvalue weighted by molar-refractivity contribution is 0.102. The summed E-state index contributed by atoms with van der Waals surface area (Å²) in [5, 5.41) is 9.06. The number of nitrogens with one attached hydrogen (secondary N) is 3. The largest absolute Gasteiger partial charge is 0.329 e. The maximum atomic E-state index is 11.7. The fraction of sp³-hybridized carbons (Fsp3) is 0.100. The number of aryl methyl sites for hydroxylation is 1. The van der Waals surface area contributed by atoms with Crippen LogP contribution < -0.4 is 10.9 Å². The summed E-state index contributed by atoms with van der Waals surface area (Å²) in [4.78, 5) is 25.2. The van der Waals surface area contributed by atoms with Crippen molar-refractivity contribution in [3.8, 4) is 0 Å². The van der Waals surface area contributed by atoms with Crippen molar-refractivity contribution in [3.63, 3.8) is 0 Å². The summed E-state index contributed by atoms with van der Waals surface area (Å²) < 4.78 is 0. The highest BCUT2D eigenvalue weighted by Gasteiger charge is 2.08. The molecule has 82 valence electrons. The molecule has 2 aromatic heterocycles. The van der Waals surface area contributed by atoms with Crippen LogP contribution in [0, 0.1) is 6.92 Å². The van der Waals surface area contributed by atoms with Gasteiger partial charge in [0.15, 0.2) is 0 Å². The van der Waals surface area contributed by atoms with Crippen LogP contribution in [0.15, 0.2) is 29.3 Å². The maximum Gasteiger partial charge on any atom is 0.257 e. The highest BCUT2D eigenvalue weighted by Crippen LogP contribution is 2.09. The number of nitrogens with zero attached hydrogens (tertiary/aromatic N) is 1. The monoisotopic (exact) mass is 218 g/mol. The molecule has 6 nitrogen and oxygen atoms in total. The summed E-state index contributed by atoms with van der Waals surface area (Å²) in [7, 11) is 0. The molecular weight excluding hydrogens is 208 g/mol. The van der Waals surface area contributed by atoms with E-state index in [0.29, 0.717) is 11.4 Å². The zero-order chi connectivity index (χ0) is 11.5. The molecule has 0 saturated heterocycles. The Morgan fingerprint density at radius 2 is 2.31 bits per heavy atom. The first-order valence-electron chi connectivity index (χ1n) is 4.67. The molecule has 0 spiro atoms. The van der Waals surface area contributed by atoms with Crippen LogP contribution in [0.25, 0.3) is 0 Å². The van der Waals surface area contributed by atoms with Gasteiger partial charge >= 0.3 is 0 Å². The van der Waals surface area contributed by atoms with Crippen molar-refractivity contribution in [1.29, 1.82) is 0 Å². The predicted octanol–water partition coefficient (Wildman–Crippen LogP) is 0.659. The van der Waals surface area contributed by atoms with Crippen molar-refractivity contribution in [3.05, 3.63) is 46.0 Å². The fourth-order valence-corrected chi connectivity index (χ4v) is 1.24. The predicted molar refractivity (Wildman–Crippen MR) is 58.3 cm³/mol. The molecule has 0 atom stereocenters. The Morgan fingerprint density at radius 1 is 1.50 bits per heavy atom. The number of aromatic nitrogens is 3. The zero-order valence-electron chi connectivity index (χ0n) is 8.57. The van der Waals surface area contributed by atoms with Crippen LogP contribution in [0.5, 0.6) is 0 Å². The lowest BCUT2D eigenvalue weighted by atomic mass is 10.2. The Bertz CT molecular complexity index is 570. The third-order valence-electron chi connectivity index (χ3n) is 2.10. The normalized spacial score (nSPS) is 10.1. The fourth-order valence-electron chi connectivity index (χ4n) is 1.24. The third-order valence-corrected chi connectivity index (χ3v) is 2.10.